The Bertz CT molecular complexity index is 1200. The largest absolute Gasteiger partial charge is 0.141 e. The van der Waals surface area contributed by atoms with E-state index in [0.29, 0.717) is 0 Å². The van der Waals surface area contributed by atoms with E-state index in [1.165, 1.54) is 41.8 Å². The van der Waals surface area contributed by atoms with Crippen molar-refractivity contribution in [2.24, 2.45) is 0 Å². The van der Waals surface area contributed by atoms with Gasteiger partial charge in [0.1, 0.15) is 8.07 Å². The molecule has 0 unspecified atom stereocenters. The highest BCUT2D eigenvalue weighted by atomic mass is 32.1. The van der Waals surface area contributed by atoms with Gasteiger partial charge in [-0.2, -0.15) is 0 Å². The first-order valence-corrected chi connectivity index (χ1v) is 15.3. The number of hydrogen-bond donors (Lipinski definition) is 0. The lowest BCUT2D eigenvalue weighted by Crippen LogP contribution is -2.27. The first-order valence-electron chi connectivity index (χ1n) is 10.7. The van der Waals surface area contributed by atoms with Crippen LogP contribution >= 0.6 is 22.7 Å². The van der Waals surface area contributed by atoms with Crippen molar-refractivity contribution in [3.05, 3.63) is 116 Å². The maximum atomic E-state index is 2.54. The van der Waals surface area contributed by atoms with E-state index >= 15 is 0 Å². The molecule has 0 aliphatic carbocycles. The van der Waals surface area contributed by atoms with Crippen molar-refractivity contribution in [1.82, 2.24) is 0 Å². The summed E-state index contributed by atoms with van der Waals surface area (Å²) in [4.78, 5) is 5.62. The van der Waals surface area contributed by atoms with Gasteiger partial charge in [0.2, 0.25) is 0 Å². The zero-order chi connectivity index (χ0) is 21.6. The van der Waals surface area contributed by atoms with Gasteiger partial charge in [0.15, 0.2) is 0 Å². The molecule has 4 aromatic rings. The van der Waals surface area contributed by atoms with Crippen LogP contribution in [-0.2, 0) is 0 Å². The standard InChI is InChI=1S/C28H26S2Si/c1-19-15-17-23(29-19)27-25(21-11-7-5-8-12-21)26(22-13-9-6-10-14-22)28(31(27,3)4)24-18-16-20(2)30-24/h5-18H,1-4H3. The Labute approximate surface area is 194 Å². The van der Waals surface area contributed by atoms with Crippen molar-refractivity contribution < 1.29 is 0 Å². The molecule has 31 heavy (non-hydrogen) atoms. The van der Waals surface area contributed by atoms with E-state index in [-0.39, 0.29) is 0 Å². The maximum Gasteiger partial charge on any atom is 0.117 e. The molecule has 0 nitrogen and oxygen atoms in total. The van der Waals surface area contributed by atoms with Crippen LogP contribution in [0.1, 0.15) is 30.6 Å². The molecule has 3 heteroatoms. The third-order valence-electron chi connectivity index (χ3n) is 6.10. The molecule has 154 valence electrons. The Morgan fingerprint density at radius 1 is 0.516 bits per heavy atom. The van der Waals surface area contributed by atoms with Crippen LogP contribution in [0.25, 0.3) is 21.5 Å². The highest BCUT2D eigenvalue weighted by Crippen LogP contribution is 2.57. The second-order valence-corrected chi connectivity index (χ2v) is 15.5. The Kier molecular flexibility index (Phi) is 5.21. The summed E-state index contributed by atoms with van der Waals surface area (Å²) in [6.07, 6.45) is 0. The summed E-state index contributed by atoms with van der Waals surface area (Å²) >= 11 is 3.88. The van der Waals surface area contributed by atoms with Gasteiger partial charge >= 0.3 is 0 Å². The number of allylic oxidation sites excluding steroid dienone is 2. The summed E-state index contributed by atoms with van der Waals surface area (Å²) < 4.78 is 0. The van der Waals surface area contributed by atoms with Gasteiger partial charge in [-0.1, -0.05) is 73.8 Å². The quantitative estimate of drug-likeness (QED) is 0.270. The van der Waals surface area contributed by atoms with E-state index < -0.39 is 8.07 Å². The van der Waals surface area contributed by atoms with Crippen molar-refractivity contribution in [3.63, 3.8) is 0 Å². The molecule has 0 bridgehead atoms. The van der Waals surface area contributed by atoms with Crippen molar-refractivity contribution in [1.29, 1.82) is 0 Å². The average Bonchev–Trinajstić information content (AvgIpc) is 3.44. The Hall–Kier alpha value is -2.46. The second-order valence-electron chi connectivity index (χ2n) is 8.68. The number of rotatable bonds is 4. The van der Waals surface area contributed by atoms with Crippen LogP contribution in [0.5, 0.6) is 0 Å². The molecular formula is C28H26S2Si. The molecule has 0 saturated carbocycles. The molecule has 0 N–H and O–H groups in total. The lowest BCUT2D eigenvalue weighted by molar-refractivity contribution is 1.59. The van der Waals surface area contributed by atoms with Crippen molar-refractivity contribution >= 4 is 52.3 Å². The van der Waals surface area contributed by atoms with Gasteiger partial charge in [-0.25, -0.2) is 0 Å². The van der Waals surface area contributed by atoms with Gasteiger partial charge in [-0.05, 0) is 70.8 Å². The maximum absolute atomic E-state index is 2.54. The summed E-state index contributed by atoms with van der Waals surface area (Å²) in [5, 5.41) is 3.16. The smallest absolute Gasteiger partial charge is 0.117 e. The van der Waals surface area contributed by atoms with Crippen molar-refractivity contribution in [3.8, 4) is 0 Å². The van der Waals surface area contributed by atoms with Crippen molar-refractivity contribution in [2.45, 2.75) is 26.9 Å². The predicted molar refractivity (Wildman–Crippen MR) is 142 cm³/mol. The SMILES string of the molecule is Cc1ccc(C2=C(c3ccccc3)C(c3ccccc3)=C(c3ccc(C)s3)[Si]2(C)C)s1. The van der Waals surface area contributed by atoms with Gasteiger partial charge < -0.3 is 0 Å². The fourth-order valence-corrected chi connectivity index (χ4v) is 11.7. The number of benzene rings is 2. The Morgan fingerprint density at radius 2 is 0.903 bits per heavy atom. The summed E-state index contributed by atoms with van der Waals surface area (Å²) in [6.45, 7) is 9.52. The minimum atomic E-state index is -1.97. The average molecular weight is 455 g/mol. The molecule has 5 rings (SSSR count). The summed E-state index contributed by atoms with van der Waals surface area (Å²) in [7, 11) is -1.97. The Balaban J connectivity index is 1.91. The predicted octanol–water partition coefficient (Wildman–Crippen LogP) is 8.75. The minimum Gasteiger partial charge on any atom is -0.141 e. The number of aryl methyl sites for hydroxylation is 2. The van der Waals surface area contributed by atoms with Gasteiger partial charge in [-0.15, -0.1) is 22.7 Å². The highest BCUT2D eigenvalue weighted by Gasteiger charge is 2.44. The number of hydrogen-bond acceptors (Lipinski definition) is 2. The molecule has 2 aromatic heterocycles. The van der Waals surface area contributed by atoms with Gasteiger partial charge in [0.25, 0.3) is 0 Å². The zero-order valence-corrected chi connectivity index (χ0v) is 21.0. The highest BCUT2D eigenvalue weighted by molar-refractivity contribution is 7.23. The van der Waals surface area contributed by atoms with E-state index in [2.05, 4.69) is 112 Å². The molecule has 0 amide bonds. The van der Waals surface area contributed by atoms with Gasteiger partial charge in [-0.3, -0.25) is 0 Å². The van der Waals surface area contributed by atoms with E-state index in [1.54, 1.807) is 10.4 Å². The molecule has 3 heterocycles. The summed E-state index contributed by atoms with van der Waals surface area (Å²) in [6, 6.07) is 31.3. The van der Waals surface area contributed by atoms with Crippen LogP contribution in [0, 0.1) is 13.8 Å². The molecule has 0 fully saturated rings. The first kappa shape index (κ1) is 20.4. The van der Waals surface area contributed by atoms with E-state index in [9.17, 15) is 0 Å². The number of thiophene rings is 2. The van der Waals surface area contributed by atoms with E-state index in [4.69, 9.17) is 0 Å². The molecule has 0 spiro atoms. The lowest BCUT2D eigenvalue weighted by Gasteiger charge is -2.24. The Morgan fingerprint density at radius 3 is 1.23 bits per heavy atom. The van der Waals surface area contributed by atoms with Gasteiger partial charge in [0, 0.05) is 19.5 Å². The summed E-state index contributed by atoms with van der Waals surface area (Å²) in [5.74, 6) is 0. The molecule has 2 aromatic carbocycles. The fourth-order valence-electron chi connectivity index (χ4n) is 4.79. The topological polar surface area (TPSA) is 0 Å². The molecule has 0 saturated heterocycles. The van der Waals surface area contributed by atoms with E-state index in [0.717, 1.165) is 0 Å². The summed E-state index contributed by atoms with van der Waals surface area (Å²) in [5.41, 5.74) is 5.52. The van der Waals surface area contributed by atoms with Crippen LogP contribution in [0.15, 0.2) is 84.9 Å². The molecular weight excluding hydrogens is 429 g/mol. The molecule has 0 atom stereocenters. The van der Waals surface area contributed by atoms with Crippen LogP contribution in [0.2, 0.25) is 13.1 Å². The van der Waals surface area contributed by atoms with E-state index in [1.807, 2.05) is 22.7 Å². The zero-order valence-electron chi connectivity index (χ0n) is 18.4. The lowest BCUT2D eigenvalue weighted by atomic mass is 9.91. The van der Waals surface area contributed by atoms with Crippen LogP contribution in [-0.4, -0.2) is 8.07 Å². The molecule has 1 aliphatic rings. The normalized spacial score (nSPS) is 15.7. The third-order valence-corrected chi connectivity index (χ3v) is 12.0. The van der Waals surface area contributed by atoms with Crippen LogP contribution < -0.4 is 0 Å². The van der Waals surface area contributed by atoms with Crippen LogP contribution in [0.4, 0.5) is 0 Å². The molecule has 0 radical (unpaired) electrons. The second kappa shape index (κ2) is 7.90. The van der Waals surface area contributed by atoms with Crippen LogP contribution in [0.3, 0.4) is 0 Å². The molecule has 1 aliphatic heterocycles. The monoisotopic (exact) mass is 454 g/mol. The first-order chi connectivity index (χ1) is 15.0. The van der Waals surface area contributed by atoms with Gasteiger partial charge in [0.05, 0.1) is 0 Å². The van der Waals surface area contributed by atoms with Crippen molar-refractivity contribution in [2.75, 3.05) is 0 Å². The third kappa shape index (κ3) is 3.51. The fraction of sp³-hybridized carbons (Fsp3) is 0.143. The minimum absolute atomic E-state index is 1.33.